The van der Waals surface area contributed by atoms with Crippen LogP contribution >= 0.6 is 39.9 Å². The van der Waals surface area contributed by atoms with Crippen LogP contribution in [0.25, 0.3) is 0 Å². The van der Waals surface area contributed by atoms with Crippen molar-refractivity contribution < 1.29 is 9.53 Å². The van der Waals surface area contributed by atoms with E-state index in [4.69, 9.17) is 16.3 Å². The fraction of sp³-hybridized carbons (Fsp3) is 0.533. The fourth-order valence-corrected chi connectivity index (χ4v) is 3.02. The van der Waals surface area contributed by atoms with Crippen LogP contribution in [0, 0.1) is 0 Å². The summed E-state index contributed by atoms with van der Waals surface area (Å²) >= 11 is 9.24. The number of carbonyl (C=O) groups is 1. The Balaban J connectivity index is 0.00000264. The highest BCUT2D eigenvalue weighted by Gasteiger charge is 2.09. The smallest absolute Gasteiger partial charge is 0.223 e. The molecule has 0 saturated carbocycles. The molecule has 5 nitrogen and oxygen atoms in total. The third kappa shape index (κ3) is 7.72. The summed E-state index contributed by atoms with van der Waals surface area (Å²) in [6.07, 6.45) is 0.344. The zero-order chi connectivity index (χ0) is 15.8. The minimum atomic E-state index is 0. The van der Waals surface area contributed by atoms with Crippen molar-refractivity contribution in [1.29, 1.82) is 0 Å². The van der Waals surface area contributed by atoms with E-state index in [1.165, 1.54) is 0 Å². The average molecular weight is 427 g/mol. The summed E-state index contributed by atoms with van der Waals surface area (Å²) in [4.78, 5) is 14.1. The molecular formula is C15H22BrCl2N3O2. The lowest BCUT2D eigenvalue weighted by atomic mass is 10.3. The normalized spacial score (nSPS) is 14.9. The third-order valence-electron chi connectivity index (χ3n) is 3.44. The van der Waals surface area contributed by atoms with Crippen molar-refractivity contribution in [2.75, 3.05) is 45.9 Å². The predicted octanol–water partition coefficient (Wildman–Crippen LogP) is 2.31. The number of ether oxygens (including phenoxy) is 1. The van der Waals surface area contributed by atoms with Crippen LogP contribution < -0.4 is 15.4 Å². The topological polar surface area (TPSA) is 53.6 Å². The number of hydrogen-bond donors (Lipinski definition) is 2. The molecule has 1 aliphatic rings. The van der Waals surface area contributed by atoms with E-state index in [2.05, 4.69) is 31.5 Å². The number of amides is 1. The fourth-order valence-electron chi connectivity index (χ4n) is 2.22. The van der Waals surface area contributed by atoms with E-state index in [1.54, 1.807) is 18.2 Å². The molecule has 23 heavy (non-hydrogen) atoms. The number of nitrogens with one attached hydrogen (secondary N) is 2. The molecule has 8 heteroatoms. The van der Waals surface area contributed by atoms with E-state index in [0.29, 0.717) is 30.3 Å². The van der Waals surface area contributed by atoms with Crippen LogP contribution in [0.15, 0.2) is 22.7 Å². The molecule has 1 heterocycles. The highest BCUT2D eigenvalue weighted by Crippen LogP contribution is 2.27. The van der Waals surface area contributed by atoms with Crippen LogP contribution in [0.4, 0.5) is 0 Å². The molecule has 0 unspecified atom stereocenters. The van der Waals surface area contributed by atoms with Gasteiger partial charge in [-0.3, -0.25) is 9.69 Å². The number of hydrogen-bond acceptors (Lipinski definition) is 4. The first-order valence-electron chi connectivity index (χ1n) is 7.43. The molecule has 1 saturated heterocycles. The van der Waals surface area contributed by atoms with Crippen molar-refractivity contribution in [1.82, 2.24) is 15.5 Å². The Kier molecular flexibility index (Phi) is 9.90. The van der Waals surface area contributed by atoms with E-state index < -0.39 is 0 Å². The van der Waals surface area contributed by atoms with Gasteiger partial charge in [0.25, 0.3) is 0 Å². The number of nitrogens with zero attached hydrogens (tertiary/aromatic N) is 1. The Morgan fingerprint density at radius 3 is 2.83 bits per heavy atom. The first kappa shape index (κ1) is 20.5. The summed E-state index contributed by atoms with van der Waals surface area (Å²) in [6, 6.07) is 5.31. The summed E-state index contributed by atoms with van der Waals surface area (Å²) in [5.74, 6) is 0.707. The second-order valence-corrected chi connectivity index (χ2v) is 6.41. The molecule has 0 spiro atoms. The van der Waals surface area contributed by atoms with Crippen molar-refractivity contribution in [3.05, 3.63) is 27.7 Å². The summed E-state index contributed by atoms with van der Waals surface area (Å²) < 4.78 is 6.36. The maximum absolute atomic E-state index is 11.8. The number of benzene rings is 1. The van der Waals surface area contributed by atoms with E-state index in [9.17, 15) is 4.79 Å². The van der Waals surface area contributed by atoms with Gasteiger partial charge in [0.1, 0.15) is 5.75 Å². The summed E-state index contributed by atoms with van der Waals surface area (Å²) in [7, 11) is 0. The Labute approximate surface area is 156 Å². The van der Waals surface area contributed by atoms with Crippen LogP contribution in [-0.2, 0) is 4.79 Å². The number of piperazine rings is 1. The van der Waals surface area contributed by atoms with Gasteiger partial charge in [-0.2, -0.15) is 0 Å². The number of rotatable bonds is 7. The van der Waals surface area contributed by atoms with Gasteiger partial charge < -0.3 is 15.4 Å². The van der Waals surface area contributed by atoms with Gasteiger partial charge in [-0.05, 0) is 34.1 Å². The maximum atomic E-state index is 11.8. The van der Waals surface area contributed by atoms with Gasteiger partial charge in [0.2, 0.25) is 5.91 Å². The van der Waals surface area contributed by atoms with Crippen molar-refractivity contribution >= 4 is 45.8 Å². The van der Waals surface area contributed by atoms with Gasteiger partial charge in [0.05, 0.1) is 17.5 Å². The average Bonchev–Trinajstić information content (AvgIpc) is 2.50. The van der Waals surface area contributed by atoms with Crippen molar-refractivity contribution in [2.24, 2.45) is 0 Å². The minimum Gasteiger partial charge on any atom is -0.492 e. The first-order chi connectivity index (χ1) is 10.6. The van der Waals surface area contributed by atoms with Crippen molar-refractivity contribution in [3.63, 3.8) is 0 Å². The molecule has 1 aliphatic heterocycles. The lowest BCUT2D eigenvalue weighted by Gasteiger charge is -2.27. The molecule has 1 amide bonds. The second-order valence-electron chi connectivity index (χ2n) is 5.11. The maximum Gasteiger partial charge on any atom is 0.223 e. The second kappa shape index (κ2) is 11.1. The highest BCUT2D eigenvalue weighted by atomic mass is 79.9. The lowest BCUT2D eigenvalue weighted by molar-refractivity contribution is -0.121. The zero-order valence-electron chi connectivity index (χ0n) is 12.8. The molecule has 2 N–H and O–H groups in total. The Bertz CT molecular complexity index is 500. The Hall–Kier alpha value is -0.530. The summed E-state index contributed by atoms with van der Waals surface area (Å²) in [6.45, 7) is 6.07. The standard InChI is InChI=1S/C15H21BrClN3O2.ClH/c16-13-11-12(17)1-2-14(13)22-10-3-15(21)19-6-9-20-7-4-18-5-8-20;/h1-2,11,18H,3-10H2,(H,19,21);1H. The molecule has 2 rings (SSSR count). The molecule has 0 bridgehead atoms. The van der Waals surface area contributed by atoms with Gasteiger partial charge in [-0.15, -0.1) is 12.4 Å². The monoisotopic (exact) mass is 425 g/mol. The van der Waals surface area contributed by atoms with Gasteiger partial charge in [0.15, 0.2) is 0 Å². The Morgan fingerprint density at radius 1 is 1.39 bits per heavy atom. The van der Waals surface area contributed by atoms with Crippen molar-refractivity contribution in [3.8, 4) is 5.75 Å². The third-order valence-corrected chi connectivity index (χ3v) is 4.30. The zero-order valence-corrected chi connectivity index (χ0v) is 16.0. The Morgan fingerprint density at radius 2 is 2.13 bits per heavy atom. The number of halogens is 3. The van der Waals surface area contributed by atoms with Gasteiger partial charge >= 0.3 is 0 Å². The molecule has 1 aromatic carbocycles. The minimum absolute atomic E-state index is 0. The van der Waals surface area contributed by atoms with Crippen LogP contribution in [0.5, 0.6) is 5.75 Å². The van der Waals surface area contributed by atoms with Crippen molar-refractivity contribution in [2.45, 2.75) is 6.42 Å². The van der Waals surface area contributed by atoms with Gasteiger partial charge in [-0.1, -0.05) is 11.6 Å². The van der Waals surface area contributed by atoms with Gasteiger partial charge in [-0.25, -0.2) is 0 Å². The number of carbonyl (C=O) groups excluding carboxylic acids is 1. The first-order valence-corrected chi connectivity index (χ1v) is 8.60. The summed E-state index contributed by atoms with van der Waals surface area (Å²) in [5.41, 5.74) is 0. The van der Waals surface area contributed by atoms with E-state index >= 15 is 0 Å². The van der Waals surface area contributed by atoms with Crippen LogP contribution in [0.1, 0.15) is 6.42 Å². The van der Waals surface area contributed by atoms with E-state index in [-0.39, 0.29) is 18.3 Å². The van der Waals surface area contributed by atoms with E-state index in [0.717, 1.165) is 37.2 Å². The molecular weight excluding hydrogens is 405 g/mol. The molecule has 130 valence electrons. The van der Waals surface area contributed by atoms with Crippen LogP contribution in [0.2, 0.25) is 5.02 Å². The lowest BCUT2D eigenvalue weighted by Crippen LogP contribution is -2.46. The highest BCUT2D eigenvalue weighted by molar-refractivity contribution is 9.10. The summed E-state index contributed by atoms with van der Waals surface area (Å²) in [5, 5.41) is 6.88. The van der Waals surface area contributed by atoms with Crippen LogP contribution in [-0.4, -0.2) is 56.7 Å². The largest absolute Gasteiger partial charge is 0.492 e. The molecule has 1 fully saturated rings. The molecule has 0 atom stereocenters. The van der Waals surface area contributed by atoms with Crippen LogP contribution in [0.3, 0.4) is 0 Å². The van der Waals surface area contributed by atoms with Gasteiger partial charge in [0, 0.05) is 44.3 Å². The SMILES string of the molecule is Cl.O=C(CCOc1ccc(Cl)cc1Br)NCCN1CCNCC1. The molecule has 0 aliphatic carbocycles. The molecule has 1 aromatic rings. The molecule has 0 aromatic heterocycles. The quantitative estimate of drug-likeness (QED) is 0.702. The molecule has 0 radical (unpaired) electrons. The van der Waals surface area contributed by atoms with E-state index in [1.807, 2.05) is 0 Å². The predicted molar refractivity (Wildman–Crippen MR) is 98.8 cm³/mol.